The van der Waals surface area contributed by atoms with E-state index in [2.05, 4.69) is 5.32 Å². The quantitative estimate of drug-likeness (QED) is 0.472. The number of hydrogen-bond donors (Lipinski definition) is 1. The minimum atomic E-state index is -3.89. The van der Waals surface area contributed by atoms with Crippen LogP contribution < -0.4 is 19.1 Å². The predicted octanol–water partition coefficient (Wildman–Crippen LogP) is 5.02. The van der Waals surface area contributed by atoms with Crippen molar-refractivity contribution in [2.75, 3.05) is 29.4 Å². The Morgan fingerprint density at radius 1 is 0.971 bits per heavy atom. The molecule has 1 aliphatic rings. The van der Waals surface area contributed by atoms with Crippen LogP contribution in [0.3, 0.4) is 0 Å². The van der Waals surface area contributed by atoms with Gasteiger partial charge in [0.1, 0.15) is 5.82 Å². The fraction of sp³-hybridized carbons (Fsp3) is 0.269. The lowest BCUT2D eigenvalue weighted by atomic mass is 10.0. The monoisotopic (exact) mass is 498 g/mol. The molecule has 0 bridgehead atoms. The molecule has 35 heavy (non-hydrogen) atoms. The maximum atomic E-state index is 13.3. The second-order valence-corrected chi connectivity index (χ2v) is 9.82. The van der Waals surface area contributed by atoms with Crippen molar-refractivity contribution >= 4 is 27.3 Å². The van der Waals surface area contributed by atoms with Crippen molar-refractivity contribution in [3.05, 3.63) is 77.6 Å². The zero-order chi connectivity index (χ0) is 25.0. The minimum absolute atomic E-state index is 0.0130. The summed E-state index contributed by atoms with van der Waals surface area (Å²) in [5.41, 5.74) is 2.20. The zero-order valence-electron chi connectivity index (χ0n) is 19.6. The van der Waals surface area contributed by atoms with E-state index in [0.717, 1.165) is 24.1 Å². The van der Waals surface area contributed by atoms with Crippen LogP contribution in [-0.2, 0) is 16.4 Å². The van der Waals surface area contributed by atoms with Crippen LogP contribution in [0.25, 0.3) is 0 Å². The molecule has 3 aromatic rings. The summed E-state index contributed by atoms with van der Waals surface area (Å²) in [5, 5.41) is 2.84. The first-order valence-corrected chi connectivity index (χ1v) is 12.9. The van der Waals surface area contributed by atoms with Crippen molar-refractivity contribution in [1.82, 2.24) is 0 Å². The summed E-state index contributed by atoms with van der Waals surface area (Å²) in [6.07, 6.45) is 1.38. The molecule has 3 aromatic carbocycles. The summed E-state index contributed by atoms with van der Waals surface area (Å²) in [5.74, 6) is 0.165. The van der Waals surface area contributed by atoms with E-state index in [-0.39, 0.29) is 10.8 Å². The van der Waals surface area contributed by atoms with E-state index in [0.29, 0.717) is 54.6 Å². The molecular weight excluding hydrogens is 471 g/mol. The fourth-order valence-corrected chi connectivity index (χ4v) is 5.53. The lowest BCUT2D eigenvalue weighted by Gasteiger charge is -2.31. The average molecular weight is 499 g/mol. The molecule has 0 saturated heterocycles. The van der Waals surface area contributed by atoms with Crippen LogP contribution in [0, 0.1) is 5.82 Å². The van der Waals surface area contributed by atoms with Gasteiger partial charge in [0.15, 0.2) is 11.5 Å². The zero-order valence-corrected chi connectivity index (χ0v) is 20.4. The van der Waals surface area contributed by atoms with E-state index < -0.39 is 15.8 Å². The number of benzene rings is 3. The van der Waals surface area contributed by atoms with Gasteiger partial charge >= 0.3 is 0 Å². The van der Waals surface area contributed by atoms with Crippen LogP contribution in [0.15, 0.2) is 65.6 Å². The van der Waals surface area contributed by atoms with Gasteiger partial charge in [-0.2, -0.15) is 0 Å². The number of halogens is 1. The van der Waals surface area contributed by atoms with Crippen LogP contribution in [0.2, 0.25) is 0 Å². The summed E-state index contributed by atoms with van der Waals surface area (Å²) in [7, 11) is -3.89. The molecule has 1 aliphatic heterocycles. The molecular formula is C26H27FN2O5S. The van der Waals surface area contributed by atoms with Gasteiger partial charge in [0.2, 0.25) is 0 Å². The third-order valence-electron chi connectivity index (χ3n) is 5.63. The maximum absolute atomic E-state index is 13.3. The number of rotatable bonds is 8. The van der Waals surface area contributed by atoms with Gasteiger partial charge in [-0.3, -0.25) is 9.10 Å². The van der Waals surface area contributed by atoms with Gasteiger partial charge in [-0.1, -0.05) is 6.07 Å². The van der Waals surface area contributed by atoms with Crippen molar-refractivity contribution in [3.63, 3.8) is 0 Å². The van der Waals surface area contributed by atoms with Crippen LogP contribution >= 0.6 is 0 Å². The van der Waals surface area contributed by atoms with Gasteiger partial charge in [0.25, 0.3) is 15.9 Å². The topological polar surface area (TPSA) is 84.9 Å². The molecule has 0 atom stereocenters. The van der Waals surface area contributed by atoms with Crippen molar-refractivity contribution < 1.29 is 27.1 Å². The van der Waals surface area contributed by atoms with Crippen molar-refractivity contribution in [2.24, 2.45) is 0 Å². The Morgan fingerprint density at radius 3 is 2.40 bits per heavy atom. The van der Waals surface area contributed by atoms with Crippen LogP contribution in [0.5, 0.6) is 11.5 Å². The summed E-state index contributed by atoms with van der Waals surface area (Å²) in [6.45, 7) is 4.90. The normalized spacial score (nSPS) is 13.2. The first-order valence-electron chi connectivity index (χ1n) is 11.5. The van der Waals surface area contributed by atoms with Crippen LogP contribution in [0.1, 0.15) is 36.2 Å². The largest absolute Gasteiger partial charge is 0.490 e. The number of carbonyl (C=O) groups excluding carboxylic acids is 1. The number of nitrogens with one attached hydrogen (secondary N) is 1. The standard InChI is InChI=1S/C26H27FN2O5S/c1-3-33-24-14-8-19(16-25(24)34-4-2)26(30)28-21-11-7-18-6-5-15-29(23(18)17-21)35(31,32)22-12-9-20(27)10-13-22/h7-14,16-17H,3-6,15H2,1-2H3,(H,28,30). The number of sulfonamides is 1. The number of aryl methyl sites for hydroxylation is 1. The van der Waals surface area contributed by atoms with E-state index >= 15 is 0 Å². The molecule has 184 valence electrons. The number of ether oxygens (including phenoxy) is 2. The molecule has 0 radical (unpaired) electrons. The smallest absolute Gasteiger partial charge is 0.264 e. The molecule has 0 aromatic heterocycles. The Hall–Kier alpha value is -3.59. The Labute approximate surface area is 204 Å². The molecule has 0 spiro atoms. The van der Waals surface area contributed by atoms with Gasteiger partial charge in [-0.05, 0) is 86.8 Å². The molecule has 9 heteroatoms. The molecule has 4 rings (SSSR count). The third kappa shape index (κ3) is 5.24. The second-order valence-electron chi connectivity index (χ2n) is 7.96. The molecule has 0 aliphatic carbocycles. The maximum Gasteiger partial charge on any atom is 0.264 e. The highest BCUT2D eigenvalue weighted by Crippen LogP contribution is 2.35. The Bertz CT molecular complexity index is 1330. The summed E-state index contributed by atoms with van der Waals surface area (Å²) in [6, 6.07) is 14.9. The highest BCUT2D eigenvalue weighted by atomic mass is 32.2. The number of fused-ring (bicyclic) bond motifs is 1. The van der Waals surface area contributed by atoms with Crippen LogP contribution in [-0.4, -0.2) is 34.1 Å². The molecule has 0 saturated carbocycles. The third-order valence-corrected chi connectivity index (χ3v) is 7.45. The highest BCUT2D eigenvalue weighted by molar-refractivity contribution is 7.92. The lowest BCUT2D eigenvalue weighted by Crippen LogP contribution is -2.35. The number of hydrogen-bond acceptors (Lipinski definition) is 5. The molecule has 0 fully saturated rings. The Morgan fingerprint density at radius 2 is 1.69 bits per heavy atom. The first kappa shape index (κ1) is 24.5. The van der Waals surface area contributed by atoms with Gasteiger partial charge in [0, 0.05) is 17.8 Å². The van der Waals surface area contributed by atoms with Gasteiger partial charge in [0.05, 0.1) is 23.8 Å². The number of carbonyl (C=O) groups is 1. The molecule has 1 amide bonds. The van der Waals surface area contributed by atoms with E-state index in [1.807, 2.05) is 19.9 Å². The predicted molar refractivity (Wildman–Crippen MR) is 132 cm³/mol. The number of anilines is 2. The summed E-state index contributed by atoms with van der Waals surface area (Å²) >= 11 is 0. The SMILES string of the molecule is CCOc1ccc(C(=O)Nc2ccc3c(c2)N(S(=O)(=O)c2ccc(F)cc2)CCC3)cc1OCC. The fourth-order valence-electron chi connectivity index (χ4n) is 4.00. The highest BCUT2D eigenvalue weighted by Gasteiger charge is 2.29. The molecule has 1 heterocycles. The lowest BCUT2D eigenvalue weighted by molar-refractivity contribution is 0.102. The van der Waals surface area contributed by atoms with E-state index in [1.54, 1.807) is 30.3 Å². The number of nitrogens with zero attached hydrogens (tertiary/aromatic N) is 1. The molecule has 1 N–H and O–H groups in total. The van der Waals surface area contributed by atoms with Crippen molar-refractivity contribution in [3.8, 4) is 11.5 Å². The van der Waals surface area contributed by atoms with Gasteiger partial charge < -0.3 is 14.8 Å². The molecule has 7 nitrogen and oxygen atoms in total. The van der Waals surface area contributed by atoms with E-state index in [1.165, 1.54) is 16.4 Å². The van der Waals surface area contributed by atoms with Gasteiger partial charge in [-0.25, -0.2) is 12.8 Å². The number of amides is 1. The Balaban J connectivity index is 1.61. The van der Waals surface area contributed by atoms with Crippen LogP contribution in [0.4, 0.5) is 15.8 Å². The summed E-state index contributed by atoms with van der Waals surface area (Å²) < 4.78 is 52.4. The van der Waals surface area contributed by atoms with Gasteiger partial charge in [-0.15, -0.1) is 0 Å². The first-order chi connectivity index (χ1) is 16.8. The van der Waals surface area contributed by atoms with Crippen molar-refractivity contribution in [1.29, 1.82) is 0 Å². The van der Waals surface area contributed by atoms with E-state index in [4.69, 9.17) is 9.47 Å². The second kappa shape index (κ2) is 10.4. The minimum Gasteiger partial charge on any atom is -0.490 e. The van der Waals surface area contributed by atoms with E-state index in [9.17, 15) is 17.6 Å². The van der Waals surface area contributed by atoms with Crippen molar-refractivity contribution in [2.45, 2.75) is 31.6 Å². The average Bonchev–Trinajstić information content (AvgIpc) is 2.85. The Kier molecular flexibility index (Phi) is 7.25. The molecule has 0 unspecified atom stereocenters. The summed E-state index contributed by atoms with van der Waals surface area (Å²) in [4.78, 5) is 13.0.